The maximum Gasteiger partial charge on any atom is 0.319 e. The molecule has 0 aliphatic heterocycles. The quantitative estimate of drug-likeness (QED) is 0.464. The summed E-state index contributed by atoms with van der Waals surface area (Å²) in [7, 11) is 0. The lowest BCUT2D eigenvalue weighted by Gasteiger charge is -2.16. The van der Waals surface area contributed by atoms with Gasteiger partial charge in [-0.1, -0.05) is 52.4 Å². The second kappa shape index (κ2) is 14.8. The predicted molar refractivity (Wildman–Crippen MR) is 79.0 cm³/mol. The van der Waals surface area contributed by atoms with Gasteiger partial charge < -0.3 is 10.5 Å². The second-order valence-corrected chi connectivity index (χ2v) is 4.74. The summed E-state index contributed by atoms with van der Waals surface area (Å²) in [6, 6.07) is 0. The number of esters is 1. The molecule has 0 aromatic heterocycles. The first-order valence-electron chi connectivity index (χ1n) is 7.10. The molecular formula is C14H30ClNO2. The van der Waals surface area contributed by atoms with Gasteiger partial charge in [-0.25, -0.2) is 0 Å². The second-order valence-electron chi connectivity index (χ2n) is 4.74. The highest BCUT2D eigenvalue weighted by Gasteiger charge is 2.10. The third-order valence-corrected chi connectivity index (χ3v) is 3.08. The summed E-state index contributed by atoms with van der Waals surface area (Å²) in [4.78, 5) is 11.0. The first-order chi connectivity index (χ1) is 8.24. The molecule has 0 saturated carbocycles. The normalized spacial score (nSPS) is 11.7. The van der Waals surface area contributed by atoms with Crippen molar-refractivity contribution >= 4 is 18.4 Å². The summed E-state index contributed by atoms with van der Waals surface area (Å²) >= 11 is 0. The lowest BCUT2D eigenvalue weighted by Crippen LogP contribution is -2.20. The molecule has 1 atom stereocenters. The molecule has 1 unspecified atom stereocenters. The highest BCUT2D eigenvalue weighted by molar-refractivity contribution is 5.85. The molecule has 4 heteroatoms. The van der Waals surface area contributed by atoms with Crippen molar-refractivity contribution in [2.75, 3.05) is 13.2 Å². The predicted octanol–water partition coefficient (Wildman–Crippen LogP) is 3.69. The number of halogens is 1. The van der Waals surface area contributed by atoms with Crippen molar-refractivity contribution in [1.29, 1.82) is 0 Å². The molecule has 0 radical (unpaired) electrons. The molecule has 3 nitrogen and oxygen atoms in total. The Balaban J connectivity index is 0. The minimum absolute atomic E-state index is 0. The molecule has 0 aromatic rings. The Morgan fingerprint density at radius 1 is 1.06 bits per heavy atom. The van der Waals surface area contributed by atoms with Crippen molar-refractivity contribution in [3.63, 3.8) is 0 Å². The standard InChI is InChI=1S/C14H29NO2.ClH/c1-3-5-7-8-10-13(9-6-4-2)12-17-14(16)11-15;/h13H,3-12,15H2,1-2H3;1H. The van der Waals surface area contributed by atoms with E-state index in [-0.39, 0.29) is 24.9 Å². The van der Waals surface area contributed by atoms with Crippen LogP contribution in [0.3, 0.4) is 0 Å². The van der Waals surface area contributed by atoms with E-state index in [9.17, 15) is 4.79 Å². The Bertz CT molecular complexity index is 189. The molecule has 0 spiro atoms. The summed E-state index contributed by atoms with van der Waals surface area (Å²) in [6.45, 7) is 4.97. The lowest BCUT2D eigenvalue weighted by molar-refractivity contribution is -0.143. The van der Waals surface area contributed by atoms with E-state index in [0.717, 1.165) is 0 Å². The van der Waals surface area contributed by atoms with Crippen molar-refractivity contribution in [3.8, 4) is 0 Å². The minimum atomic E-state index is -0.278. The Labute approximate surface area is 118 Å². The van der Waals surface area contributed by atoms with E-state index in [1.807, 2.05) is 0 Å². The molecule has 0 fully saturated rings. The number of hydrogen-bond donors (Lipinski definition) is 1. The fraction of sp³-hybridized carbons (Fsp3) is 0.929. The third kappa shape index (κ3) is 12.2. The summed E-state index contributed by atoms with van der Waals surface area (Å²) < 4.78 is 5.14. The summed E-state index contributed by atoms with van der Waals surface area (Å²) in [5.74, 6) is 0.252. The van der Waals surface area contributed by atoms with Crippen LogP contribution in [0.25, 0.3) is 0 Å². The number of unbranched alkanes of at least 4 members (excludes halogenated alkanes) is 4. The largest absolute Gasteiger partial charge is 0.464 e. The third-order valence-electron chi connectivity index (χ3n) is 3.08. The van der Waals surface area contributed by atoms with Gasteiger partial charge in [-0.2, -0.15) is 0 Å². The molecule has 0 aliphatic rings. The fourth-order valence-electron chi connectivity index (χ4n) is 1.93. The zero-order chi connectivity index (χ0) is 12.9. The highest BCUT2D eigenvalue weighted by Crippen LogP contribution is 2.17. The van der Waals surface area contributed by atoms with Crippen LogP contribution in [0.4, 0.5) is 0 Å². The van der Waals surface area contributed by atoms with E-state index in [1.165, 1.54) is 51.4 Å². The molecular weight excluding hydrogens is 250 g/mol. The Hall–Kier alpha value is -0.280. The molecule has 18 heavy (non-hydrogen) atoms. The molecule has 0 bridgehead atoms. The number of hydrogen-bond acceptors (Lipinski definition) is 3. The van der Waals surface area contributed by atoms with Crippen LogP contribution in [0.2, 0.25) is 0 Å². The summed E-state index contributed by atoms with van der Waals surface area (Å²) in [5.41, 5.74) is 5.22. The molecule has 0 amide bonds. The lowest BCUT2D eigenvalue weighted by atomic mass is 9.96. The van der Waals surface area contributed by atoms with Crippen molar-refractivity contribution in [2.45, 2.75) is 65.2 Å². The number of carbonyl (C=O) groups is 1. The molecule has 0 saturated heterocycles. The van der Waals surface area contributed by atoms with Crippen LogP contribution in [0.1, 0.15) is 65.2 Å². The maximum atomic E-state index is 11.0. The van der Waals surface area contributed by atoms with Crippen LogP contribution in [0, 0.1) is 5.92 Å². The Morgan fingerprint density at radius 3 is 2.22 bits per heavy atom. The molecule has 0 rings (SSSR count). The van der Waals surface area contributed by atoms with Gasteiger partial charge in [-0.15, -0.1) is 12.4 Å². The van der Waals surface area contributed by atoms with Gasteiger partial charge in [0.1, 0.15) is 0 Å². The van der Waals surface area contributed by atoms with Gasteiger partial charge in [0.2, 0.25) is 0 Å². The number of ether oxygens (including phenoxy) is 1. The van der Waals surface area contributed by atoms with Gasteiger partial charge in [0.25, 0.3) is 0 Å². The summed E-state index contributed by atoms with van der Waals surface area (Å²) in [5, 5.41) is 0. The Kier molecular flexibility index (Phi) is 16.5. The van der Waals surface area contributed by atoms with E-state index in [1.54, 1.807) is 0 Å². The van der Waals surface area contributed by atoms with E-state index >= 15 is 0 Å². The van der Waals surface area contributed by atoms with Crippen molar-refractivity contribution in [3.05, 3.63) is 0 Å². The van der Waals surface area contributed by atoms with Crippen LogP contribution >= 0.6 is 12.4 Å². The van der Waals surface area contributed by atoms with Gasteiger partial charge >= 0.3 is 5.97 Å². The molecule has 0 aliphatic carbocycles. The average molecular weight is 280 g/mol. The number of nitrogens with two attached hydrogens (primary N) is 1. The van der Waals surface area contributed by atoms with Gasteiger partial charge in [0, 0.05) is 0 Å². The van der Waals surface area contributed by atoms with Crippen molar-refractivity contribution in [1.82, 2.24) is 0 Å². The van der Waals surface area contributed by atoms with Gasteiger partial charge in [0.15, 0.2) is 0 Å². The zero-order valence-corrected chi connectivity index (χ0v) is 12.8. The first kappa shape index (κ1) is 20.0. The smallest absolute Gasteiger partial charge is 0.319 e. The van der Waals surface area contributed by atoms with Gasteiger partial charge in [0.05, 0.1) is 13.2 Å². The van der Waals surface area contributed by atoms with Crippen molar-refractivity contribution in [2.24, 2.45) is 11.7 Å². The van der Waals surface area contributed by atoms with E-state index in [4.69, 9.17) is 10.5 Å². The van der Waals surface area contributed by atoms with E-state index in [0.29, 0.717) is 12.5 Å². The minimum Gasteiger partial charge on any atom is -0.464 e. The molecule has 0 heterocycles. The van der Waals surface area contributed by atoms with Crippen LogP contribution in [-0.4, -0.2) is 19.1 Å². The first-order valence-corrected chi connectivity index (χ1v) is 7.10. The fourth-order valence-corrected chi connectivity index (χ4v) is 1.93. The maximum absolute atomic E-state index is 11.0. The zero-order valence-electron chi connectivity index (χ0n) is 12.0. The van der Waals surface area contributed by atoms with Gasteiger partial charge in [-0.05, 0) is 18.8 Å². The Morgan fingerprint density at radius 2 is 1.67 bits per heavy atom. The van der Waals surface area contributed by atoms with Crippen LogP contribution in [-0.2, 0) is 9.53 Å². The van der Waals surface area contributed by atoms with E-state index in [2.05, 4.69) is 13.8 Å². The molecule has 0 aromatic carbocycles. The van der Waals surface area contributed by atoms with E-state index < -0.39 is 0 Å². The number of rotatable bonds is 11. The van der Waals surface area contributed by atoms with Crippen LogP contribution in [0.5, 0.6) is 0 Å². The summed E-state index contributed by atoms with van der Waals surface area (Å²) in [6.07, 6.45) is 9.89. The van der Waals surface area contributed by atoms with Crippen molar-refractivity contribution < 1.29 is 9.53 Å². The van der Waals surface area contributed by atoms with Crippen LogP contribution < -0.4 is 5.73 Å². The average Bonchev–Trinajstić information content (AvgIpc) is 2.36. The highest BCUT2D eigenvalue weighted by atomic mass is 35.5. The monoisotopic (exact) mass is 279 g/mol. The van der Waals surface area contributed by atoms with Crippen LogP contribution in [0.15, 0.2) is 0 Å². The van der Waals surface area contributed by atoms with Gasteiger partial charge in [-0.3, -0.25) is 4.79 Å². The molecule has 110 valence electrons. The SMILES string of the molecule is CCCCCCC(CCCC)COC(=O)CN.Cl. The number of carbonyl (C=O) groups excluding carboxylic acids is 1. The molecule has 2 N–H and O–H groups in total. The topological polar surface area (TPSA) is 52.3 Å².